The maximum absolute atomic E-state index is 12.3. The van der Waals surface area contributed by atoms with Gasteiger partial charge in [0.1, 0.15) is 0 Å². The number of carboxylic acid groups (broad SMARTS) is 1. The third kappa shape index (κ3) is 9.26. The van der Waals surface area contributed by atoms with Gasteiger partial charge in [0.15, 0.2) is 6.29 Å². The van der Waals surface area contributed by atoms with E-state index in [4.69, 9.17) is 14.6 Å². The molecular weight excluding hydrogens is 580 g/mol. The number of rotatable bonds is 12. The van der Waals surface area contributed by atoms with Gasteiger partial charge in [-0.2, -0.15) is 0 Å². The second-order valence-electron chi connectivity index (χ2n) is 12.7. The van der Waals surface area contributed by atoms with Crippen LogP contribution in [0.15, 0.2) is 72.8 Å². The minimum Gasteiger partial charge on any atom is -0.481 e. The molecular formula is C38H48N2O6. The van der Waals surface area contributed by atoms with Crippen molar-refractivity contribution < 1.29 is 29.3 Å². The van der Waals surface area contributed by atoms with Gasteiger partial charge in [-0.25, -0.2) is 0 Å². The Morgan fingerprint density at radius 1 is 0.848 bits per heavy atom. The Kier molecular flexibility index (Phi) is 12.4. The lowest BCUT2D eigenvalue weighted by Gasteiger charge is -2.43. The summed E-state index contributed by atoms with van der Waals surface area (Å²) in [6.45, 7) is 5.68. The first-order valence-corrected chi connectivity index (χ1v) is 16.8. The Labute approximate surface area is 272 Å². The first-order chi connectivity index (χ1) is 22.4. The second kappa shape index (κ2) is 16.8. The monoisotopic (exact) mass is 628 g/mol. The van der Waals surface area contributed by atoms with Crippen molar-refractivity contribution in [2.24, 2.45) is 5.92 Å². The van der Waals surface area contributed by atoms with E-state index < -0.39 is 12.3 Å². The molecule has 0 unspecified atom stereocenters. The van der Waals surface area contributed by atoms with Crippen molar-refractivity contribution in [1.82, 2.24) is 10.2 Å². The number of amides is 1. The number of aliphatic hydroxyl groups excluding tert-OH is 1. The van der Waals surface area contributed by atoms with Crippen LogP contribution in [0.1, 0.15) is 92.9 Å². The fraction of sp³-hybridized carbons (Fsp3) is 0.474. The van der Waals surface area contributed by atoms with Gasteiger partial charge >= 0.3 is 5.97 Å². The van der Waals surface area contributed by atoms with E-state index in [2.05, 4.69) is 53.5 Å². The SMILES string of the molecule is C[C@@H]1[C@H](CN2CCCCCCC2)O[C@H](c2ccc(-c3ccccc3CNC(=O)CCCC(=O)O)cc2)O[C@@H]1c1ccc(CO)cc1. The predicted octanol–water partition coefficient (Wildman–Crippen LogP) is 6.77. The normalized spacial score (nSPS) is 22.5. The van der Waals surface area contributed by atoms with Gasteiger partial charge in [-0.1, -0.05) is 99.0 Å². The quantitative estimate of drug-likeness (QED) is 0.203. The van der Waals surface area contributed by atoms with Gasteiger partial charge < -0.3 is 29.9 Å². The summed E-state index contributed by atoms with van der Waals surface area (Å²) in [6.07, 6.45) is 6.19. The Morgan fingerprint density at radius 2 is 1.52 bits per heavy atom. The molecule has 0 spiro atoms. The Hall–Kier alpha value is -3.56. The number of carboxylic acids is 1. The summed E-state index contributed by atoms with van der Waals surface area (Å²) in [5.74, 6) is -0.902. The first kappa shape index (κ1) is 33.8. The number of ether oxygens (including phenoxy) is 2. The molecule has 246 valence electrons. The van der Waals surface area contributed by atoms with Crippen molar-refractivity contribution >= 4 is 11.9 Å². The van der Waals surface area contributed by atoms with Gasteiger partial charge in [-0.15, -0.1) is 0 Å². The van der Waals surface area contributed by atoms with E-state index in [1.54, 1.807) is 0 Å². The van der Waals surface area contributed by atoms with E-state index in [-0.39, 0.29) is 43.5 Å². The highest BCUT2D eigenvalue weighted by molar-refractivity contribution is 5.77. The summed E-state index contributed by atoms with van der Waals surface area (Å²) >= 11 is 0. The minimum atomic E-state index is -0.893. The molecule has 3 aromatic rings. The van der Waals surface area contributed by atoms with Crippen LogP contribution < -0.4 is 5.32 Å². The maximum Gasteiger partial charge on any atom is 0.303 e. The van der Waals surface area contributed by atoms with Crippen LogP contribution in [-0.2, 0) is 32.2 Å². The fourth-order valence-electron chi connectivity index (χ4n) is 6.54. The molecule has 0 radical (unpaired) electrons. The molecule has 1 amide bonds. The fourth-order valence-corrected chi connectivity index (χ4v) is 6.54. The number of aliphatic hydroxyl groups is 1. The summed E-state index contributed by atoms with van der Waals surface area (Å²) in [5, 5.41) is 21.3. The zero-order valence-corrected chi connectivity index (χ0v) is 26.9. The average molecular weight is 629 g/mol. The number of carbonyl (C=O) groups excluding carboxylic acids is 1. The molecule has 2 heterocycles. The van der Waals surface area contributed by atoms with Crippen LogP contribution in [0.3, 0.4) is 0 Å². The van der Waals surface area contributed by atoms with Crippen molar-refractivity contribution in [2.75, 3.05) is 19.6 Å². The maximum atomic E-state index is 12.3. The van der Waals surface area contributed by atoms with Crippen molar-refractivity contribution in [3.05, 3.63) is 95.1 Å². The van der Waals surface area contributed by atoms with Crippen LogP contribution in [-0.4, -0.2) is 52.7 Å². The number of carbonyl (C=O) groups is 2. The van der Waals surface area contributed by atoms with E-state index in [0.29, 0.717) is 13.0 Å². The van der Waals surface area contributed by atoms with Gasteiger partial charge in [0, 0.05) is 37.4 Å². The van der Waals surface area contributed by atoms with E-state index in [9.17, 15) is 14.7 Å². The van der Waals surface area contributed by atoms with E-state index in [0.717, 1.165) is 53.0 Å². The van der Waals surface area contributed by atoms with Crippen LogP contribution in [0.4, 0.5) is 0 Å². The molecule has 8 nitrogen and oxygen atoms in total. The van der Waals surface area contributed by atoms with E-state index >= 15 is 0 Å². The zero-order valence-electron chi connectivity index (χ0n) is 26.9. The number of benzene rings is 3. The van der Waals surface area contributed by atoms with Crippen LogP contribution in [0, 0.1) is 5.92 Å². The number of nitrogens with zero attached hydrogens (tertiary/aromatic N) is 1. The summed E-state index contributed by atoms with van der Waals surface area (Å²) in [4.78, 5) is 25.6. The largest absolute Gasteiger partial charge is 0.481 e. The molecule has 2 fully saturated rings. The van der Waals surface area contributed by atoms with Crippen LogP contribution in [0.5, 0.6) is 0 Å². The van der Waals surface area contributed by atoms with Gasteiger partial charge in [0.25, 0.3) is 0 Å². The molecule has 0 aromatic heterocycles. The summed E-state index contributed by atoms with van der Waals surface area (Å²) in [5.41, 5.74) is 5.96. The van der Waals surface area contributed by atoms with Crippen LogP contribution >= 0.6 is 0 Å². The van der Waals surface area contributed by atoms with Gasteiger partial charge in [0.05, 0.1) is 18.8 Å². The van der Waals surface area contributed by atoms with Gasteiger partial charge in [0.2, 0.25) is 5.91 Å². The van der Waals surface area contributed by atoms with Crippen LogP contribution in [0.2, 0.25) is 0 Å². The third-order valence-corrected chi connectivity index (χ3v) is 9.29. The second-order valence-corrected chi connectivity index (χ2v) is 12.7. The summed E-state index contributed by atoms with van der Waals surface area (Å²) < 4.78 is 13.5. The van der Waals surface area contributed by atoms with Crippen molar-refractivity contribution in [2.45, 2.75) is 89.9 Å². The molecule has 3 N–H and O–H groups in total. The van der Waals surface area contributed by atoms with Crippen molar-refractivity contribution in [3.8, 4) is 11.1 Å². The molecule has 46 heavy (non-hydrogen) atoms. The molecule has 2 saturated heterocycles. The highest BCUT2D eigenvalue weighted by Gasteiger charge is 2.39. The molecule has 4 atom stereocenters. The smallest absolute Gasteiger partial charge is 0.303 e. The molecule has 8 heteroatoms. The molecule has 0 bridgehead atoms. The number of hydrogen-bond acceptors (Lipinski definition) is 6. The van der Waals surface area contributed by atoms with Crippen LogP contribution in [0.25, 0.3) is 11.1 Å². The standard InChI is InChI=1S/C38H48N2O6/c1-27-34(25-40-22-7-3-2-4-8-23-40)45-38(46-37(27)30-16-14-28(26-41)15-17-30)31-20-18-29(19-21-31)33-11-6-5-10-32(33)24-39-35(42)12-9-13-36(43)44/h5-6,10-11,14-21,27,34,37-38,41H,2-4,7-9,12-13,22-26H2,1H3,(H,39,42)(H,43,44)/t27-,34+,37+,38+/m1/s1. The van der Waals surface area contributed by atoms with Crippen molar-refractivity contribution in [1.29, 1.82) is 0 Å². The number of nitrogens with one attached hydrogen (secondary N) is 1. The molecule has 0 saturated carbocycles. The Morgan fingerprint density at radius 3 is 2.22 bits per heavy atom. The Balaban J connectivity index is 1.32. The number of likely N-dealkylation sites (tertiary alicyclic amines) is 1. The summed E-state index contributed by atoms with van der Waals surface area (Å²) in [7, 11) is 0. The van der Waals surface area contributed by atoms with Crippen molar-refractivity contribution in [3.63, 3.8) is 0 Å². The molecule has 3 aromatic carbocycles. The van der Waals surface area contributed by atoms with E-state index in [1.165, 1.54) is 32.1 Å². The molecule has 2 aliphatic rings. The highest BCUT2D eigenvalue weighted by atomic mass is 16.7. The lowest BCUT2D eigenvalue weighted by molar-refractivity contribution is -0.276. The average Bonchev–Trinajstić information content (AvgIpc) is 3.06. The lowest BCUT2D eigenvalue weighted by atomic mass is 9.89. The molecule has 0 aliphatic carbocycles. The molecule has 2 aliphatic heterocycles. The molecule has 5 rings (SSSR count). The predicted molar refractivity (Wildman–Crippen MR) is 178 cm³/mol. The zero-order chi connectivity index (χ0) is 32.3. The first-order valence-electron chi connectivity index (χ1n) is 16.8. The lowest BCUT2D eigenvalue weighted by Crippen LogP contribution is -2.45. The summed E-state index contributed by atoms with van der Waals surface area (Å²) in [6, 6.07) is 24.3. The van der Waals surface area contributed by atoms with Gasteiger partial charge in [-0.05, 0) is 60.2 Å². The van der Waals surface area contributed by atoms with Gasteiger partial charge in [-0.3, -0.25) is 9.59 Å². The number of hydrogen-bond donors (Lipinski definition) is 3. The highest BCUT2D eigenvalue weighted by Crippen LogP contribution is 2.42. The third-order valence-electron chi connectivity index (χ3n) is 9.29. The topological polar surface area (TPSA) is 108 Å². The van der Waals surface area contributed by atoms with E-state index in [1.807, 2.05) is 36.4 Å². The number of aliphatic carboxylic acids is 1. The Bertz CT molecular complexity index is 1400. The minimum absolute atomic E-state index is 0.000192.